The van der Waals surface area contributed by atoms with Gasteiger partial charge in [0.15, 0.2) is 0 Å². The lowest BCUT2D eigenvalue weighted by molar-refractivity contribution is 0.0954. The van der Waals surface area contributed by atoms with E-state index in [-0.39, 0.29) is 5.91 Å². The van der Waals surface area contributed by atoms with Gasteiger partial charge in [0, 0.05) is 11.3 Å². The van der Waals surface area contributed by atoms with Crippen molar-refractivity contribution in [2.24, 2.45) is 16.9 Å². The van der Waals surface area contributed by atoms with E-state index in [0.717, 1.165) is 5.71 Å². The molecule has 1 aromatic rings. The third kappa shape index (κ3) is 2.97. The van der Waals surface area contributed by atoms with E-state index in [1.165, 1.54) is 19.3 Å². The Balaban J connectivity index is 2.03. The smallest absolute Gasteiger partial charge is 0.267 e. The molecule has 0 aromatic heterocycles. The van der Waals surface area contributed by atoms with E-state index in [2.05, 4.69) is 24.4 Å². The maximum atomic E-state index is 11.9. The standard InChI is InChI=1S/C15H20N2O/c1-11-7-6-8-12(2)14(11)16-17-15(18)13-9-4-3-5-10-13/h3-5,9-12H,6-8H2,1-2H3,(H,17,18)/t11-,12-/m1/s1. The van der Waals surface area contributed by atoms with Crippen LogP contribution >= 0.6 is 0 Å². The number of nitrogens with one attached hydrogen (secondary N) is 1. The molecular formula is C15H20N2O. The topological polar surface area (TPSA) is 41.5 Å². The first-order valence-electron chi connectivity index (χ1n) is 6.61. The zero-order chi connectivity index (χ0) is 13.0. The Morgan fingerprint density at radius 3 is 2.39 bits per heavy atom. The third-order valence-corrected chi connectivity index (χ3v) is 3.61. The van der Waals surface area contributed by atoms with Gasteiger partial charge in [0.25, 0.3) is 5.91 Å². The Kier molecular flexibility index (Phi) is 4.13. The van der Waals surface area contributed by atoms with Gasteiger partial charge in [-0.2, -0.15) is 5.10 Å². The van der Waals surface area contributed by atoms with Crippen molar-refractivity contribution < 1.29 is 4.79 Å². The van der Waals surface area contributed by atoms with Crippen LogP contribution in [0.1, 0.15) is 43.5 Å². The van der Waals surface area contributed by atoms with Crippen LogP contribution in [0.15, 0.2) is 35.4 Å². The van der Waals surface area contributed by atoms with E-state index in [0.29, 0.717) is 17.4 Å². The maximum absolute atomic E-state index is 11.9. The SMILES string of the molecule is C[C@@H]1CCC[C@@H](C)C1=NNC(=O)c1ccccc1. The second kappa shape index (κ2) is 5.80. The lowest BCUT2D eigenvalue weighted by Gasteiger charge is -2.26. The summed E-state index contributed by atoms with van der Waals surface area (Å²) < 4.78 is 0. The molecule has 1 saturated carbocycles. The molecule has 1 aromatic carbocycles. The van der Waals surface area contributed by atoms with Gasteiger partial charge in [-0.1, -0.05) is 38.5 Å². The number of benzene rings is 1. The molecule has 1 aliphatic carbocycles. The summed E-state index contributed by atoms with van der Waals surface area (Å²) in [6.07, 6.45) is 3.60. The van der Waals surface area contributed by atoms with Crippen LogP contribution < -0.4 is 5.43 Å². The van der Waals surface area contributed by atoms with Crippen LogP contribution in [-0.2, 0) is 0 Å². The molecule has 0 bridgehead atoms. The molecule has 1 N–H and O–H groups in total. The number of carbonyl (C=O) groups is 1. The van der Waals surface area contributed by atoms with Gasteiger partial charge in [0.1, 0.15) is 0 Å². The van der Waals surface area contributed by atoms with Crippen molar-refractivity contribution in [2.45, 2.75) is 33.1 Å². The molecule has 0 radical (unpaired) electrons. The van der Waals surface area contributed by atoms with Gasteiger partial charge >= 0.3 is 0 Å². The molecule has 0 aliphatic heterocycles. The first-order valence-corrected chi connectivity index (χ1v) is 6.61. The first-order chi connectivity index (χ1) is 8.68. The molecule has 2 atom stereocenters. The van der Waals surface area contributed by atoms with Gasteiger partial charge < -0.3 is 0 Å². The number of hydrazone groups is 1. The second-order valence-corrected chi connectivity index (χ2v) is 5.08. The quantitative estimate of drug-likeness (QED) is 0.797. The van der Waals surface area contributed by atoms with Gasteiger partial charge in [-0.15, -0.1) is 0 Å². The molecule has 0 unspecified atom stereocenters. The molecule has 96 valence electrons. The zero-order valence-corrected chi connectivity index (χ0v) is 11.0. The van der Waals surface area contributed by atoms with Crippen LogP contribution in [-0.4, -0.2) is 11.6 Å². The van der Waals surface area contributed by atoms with Crippen LogP contribution in [0.5, 0.6) is 0 Å². The second-order valence-electron chi connectivity index (χ2n) is 5.08. The van der Waals surface area contributed by atoms with Crippen molar-refractivity contribution in [1.29, 1.82) is 0 Å². The Bertz CT molecular complexity index is 427. The van der Waals surface area contributed by atoms with Crippen LogP contribution in [0, 0.1) is 11.8 Å². The fourth-order valence-electron chi connectivity index (χ4n) is 2.50. The maximum Gasteiger partial charge on any atom is 0.271 e. The lowest BCUT2D eigenvalue weighted by Crippen LogP contribution is -2.29. The van der Waals surface area contributed by atoms with Crippen LogP contribution in [0.25, 0.3) is 0 Å². The van der Waals surface area contributed by atoms with Gasteiger partial charge in [-0.05, 0) is 36.8 Å². The molecule has 0 spiro atoms. The van der Waals surface area contributed by atoms with Crippen molar-refractivity contribution in [1.82, 2.24) is 5.43 Å². The van der Waals surface area contributed by atoms with E-state index >= 15 is 0 Å². The largest absolute Gasteiger partial charge is 0.271 e. The third-order valence-electron chi connectivity index (χ3n) is 3.61. The van der Waals surface area contributed by atoms with Crippen molar-refractivity contribution in [3.63, 3.8) is 0 Å². The van der Waals surface area contributed by atoms with Crippen molar-refractivity contribution in [3.05, 3.63) is 35.9 Å². The Hall–Kier alpha value is -1.64. The van der Waals surface area contributed by atoms with Crippen molar-refractivity contribution in [3.8, 4) is 0 Å². The Morgan fingerprint density at radius 2 is 1.78 bits per heavy atom. The van der Waals surface area contributed by atoms with Crippen molar-refractivity contribution in [2.75, 3.05) is 0 Å². The van der Waals surface area contributed by atoms with E-state index < -0.39 is 0 Å². The summed E-state index contributed by atoms with van der Waals surface area (Å²) >= 11 is 0. The molecule has 0 saturated heterocycles. The fraction of sp³-hybridized carbons (Fsp3) is 0.467. The lowest BCUT2D eigenvalue weighted by atomic mass is 9.81. The van der Waals surface area contributed by atoms with Crippen molar-refractivity contribution >= 4 is 11.6 Å². The van der Waals surface area contributed by atoms with Crippen LogP contribution in [0.4, 0.5) is 0 Å². The van der Waals surface area contributed by atoms with Gasteiger partial charge in [0.05, 0.1) is 0 Å². The van der Waals surface area contributed by atoms with E-state index in [1.54, 1.807) is 12.1 Å². The number of rotatable bonds is 2. The predicted octanol–water partition coefficient (Wildman–Crippen LogP) is 3.23. The van der Waals surface area contributed by atoms with Crippen LogP contribution in [0.2, 0.25) is 0 Å². The zero-order valence-electron chi connectivity index (χ0n) is 11.0. The molecule has 18 heavy (non-hydrogen) atoms. The minimum Gasteiger partial charge on any atom is -0.267 e. The molecule has 3 nitrogen and oxygen atoms in total. The average Bonchev–Trinajstić information content (AvgIpc) is 2.39. The van der Waals surface area contributed by atoms with E-state index in [9.17, 15) is 4.79 Å². The molecular weight excluding hydrogens is 224 g/mol. The van der Waals surface area contributed by atoms with E-state index in [4.69, 9.17) is 0 Å². The predicted molar refractivity (Wildman–Crippen MR) is 73.5 cm³/mol. The monoisotopic (exact) mass is 244 g/mol. The highest BCUT2D eigenvalue weighted by Crippen LogP contribution is 2.25. The highest BCUT2D eigenvalue weighted by Gasteiger charge is 2.23. The number of hydrogen-bond donors (Lipinski definition) is 1. The minimum absolute atomic E-state index is 0.131. The summed E-state index contributed by atoms with van der Waals surface area (Å²) in [4.78, 5) is 11.9. The Morgan fingerprint density at radius 1 is 1.17 bits per heavy atom. The summed E-state index contributed by atoms with van der Waals surface area (Å²) in [6.45, 7) is 4.37. The summed E-state index contributed by atoms with van der Waals surface area (Å²) in [5.41, 5.74) is 4.46. The highest BCUT2D eigenvalue weighted by atomic mass is 16.2. The van der Waals surface area contributed by atoms with Gasteiger partial charge in [-0.3, -0.25) is 4.79 Å². The van der Waals surface area contributed by atoms with Gasteiger partial charge in [-0.25, -0.2) is 5.43 Å². The van der Waals surface area contributed by atoms with Gasteiger partial charge in [0.2, 0.25) is 0 Å². The fourth-order valence-corrected chi connectivity index (χ4v) is 2.50. The molecule has 1 fully saturated rings. The van der Waals surface area contributed by atoms with Crippen LogP contribution in [0.3, 0.4) is 0 Å². The highest BCUT2D eigenvalue weighted by molar-refractivity contribution is 5.96. The molecule has 1 amide bonds. The summed E-state index contributed by atoms with van der Waals surface area (Å²) in [5.74, 6) is 0.822. The molecule has 2 rings (SSSR count). The molecule has 3 heteroatoms. The molecule has 1 aliphatic rings. The number of amides is 1. The number of hydrogen-bond acceptors (Lipinski definition) is 2. The first kappa shape index (κ1) is 12.8. The molecule has 0 heterocycles. The number of nitrogens with zero attached hydrogens (tertiary/aromatic N) is 1. The summed E-state index contributed by atoms with van der Waals surface area (Å²) in [5, 5.41) is 4.34. The summed E-state index contributed by atoms with van der Waals surface area (Å²) in [6, 6.07) is 9.20. The minimum atomic E-state index is -0.131. The Labute approximate surface area is 108 Å². The normalized spacial score (nSPS) is 23.6. The van der Waals surface area contributed by atoms with E-state index in [1.807, 2.05) is 18.2 Å². The average molecular weight is 244 g/mol. The number of carbonyl (C=O) groups excluding carboxylic acids is 1. The summed E-state index contributed by atoms with van der Waals surface area (Å²) in [7, 11) is 0.